The summed E-state index contributed by atoms with van der Waals surface area (Å²) in [5.74, 6) is 0.0607. The average molecular weight is 316 g/mol. The van der Waals surface area contributed by atoms with Gasteiger partial charge in [-0.15, -0.1) is 0 Å². The number of carbonyl (C=O) groups excluding carboxylic acids is 1. The van der Waals surface area contributed by atoms with Gasteiger partial charge < -0.3 is 9.47 Å². The number of hydrogen-bond acceptors (Lipinski definition) is 3. The Morgan fingerprint density at radius 3 is 2.43 bits per heavy atom. The van der Waals surface area contributed by atoms with Gasteiger partial charge in [0, 0.05) is 6.42 Å². The molecular formula is C19H21FO3. The van der Waals surface area contributed by atoms with E-state index in [0.29, 0.717) is 18.8 Å². The highest BCUT2D eigenvalue weighted by molar-refractivity contribution is 5.77. The first-order valence-corrected chi connectivity index (χ1v) is 7.70. The van der Waals surface area contributed by atoms with Gasteiger partial charge in [-0.3, -0.25) is 9.18 Å². The predicted octanol–water partition coefficient (Wildman–Crippen LogP) is 4.27. The summed E-state index contributed by atoms with van der Waals surface area (Å²) < 4.78 is 22.8. The second-order valence-corrected chi connectivity index (χ2v) is 5.28. The third kappa shape index (κ3) is 5.40. The lowest BCUT2D eigenvalue weighted by Gasteiger charge is -2.13. The van der Waals surface area contributed by atoms with Crippen LogP contribution in [0.2, 0.25) is 0 Å². The number of rotatable bonds is 8. The molecule has 0 amide bonds. The summed E-state index contributed by atoms with van der Waals surface area (Å²) in [6.45, 7) is 2.05. The summed E-state index contributed by atoms with van der Waals surface area (Å²) in [6, 6.07) is 16.8. The van der Waals surface area contributed by atoms with Crippen molar-refractivity contribution < 1.29 is 18.7 Å². The summed E-state index contributed by atoms with van der Waals surface area (Å²) in [5, 5.41) is 0. The zero-order chi connectivity index (χ0) is 16.5. The Kier molecular flexibility index (Phi) is 6.60. The van der Waals surface area contributed by atoms with Crippen molar-refractivity contribution in [1.29, 1.82) is 0 Å². The summed E-state index contributed by atoms with van der Waals surface area (Å²) in [5.41, 5.74) is 1.82. The molecule has 4 heteroatoms. The number of benzene rings is 2. The van der Waals surface area contributed by atoms with Crippen molar-refractivity contribution in [2.75, 3.05) is 13.3 Å². The first kappa shape index (κ1) is 17.0. The molecule has 0 saturated heterocycles. The second kappa shape index (κ2) is 8.93. The third-order valence-corrected chi connectivity index (χ3v) is 3.50. The summed E-state index contributed by atoms with van der Waals surface area (Å²) in [4.78, 5) is 12.1. The fraction of sp³-hybridized carbons (Fsp3) is 0.316. The smallest absolute Gasteiger partial charge is 0.313 e. The molecule has 0 N–H and O–H groups in total. The van der Waals surface area contributed by atoms with E-state index in [1.54, 1.807) is 12.1 Å². The van der Waals surface area contributed by atoms with Gasteiger partial charge in [-0.1, -0.05) is 42.5 Å². The lowest BCUT2D eigenvalue weighted by atomic mass is 10.0. The molecule has 0 aliphatic carbocycles. The average Bonchev–Trinajstić information content (AvgIpc) is 2.61. The highest BCUT2D eigenvalue weighted by Crippen LogP contribution is 2.21. The number of hydrogen-bond donors (Lipinski definition) is 0. The molecule has 0 heterocycles. The van der Waals surface area contributed by atoms with E-state index in [9.17, 15) is 9.18 Å². The molecule has 0 radical (unpaired) electrons. The minimum atomic E-state index is -0.387. The molecule has 2 aromatic carbocycles. The third-order valence-electron chi connectivity index (χ3n) is 3.50. The number of halogens is 1. The fourth-order valence-corrected chi connectivity index (χ4v) is 2.09. The zero-order valence-corrected chi connectivity index (χ0v) is 13.2. The van der Waals surface area contributed by atoms with Crippen molar-refractivity contribution in [1.82, 2.24) is 0 Å². The molecule has 0 saturated carbocycles. The van der Waals surface area contributed by atoms with Crippen LogP contribution in [0.25, 0.3) is 0 Å². The quantitative estimate of drug-likeness (QED) is 0.539. The number of esters is 1. The molecule has 2 aromatic rings. The van der Waals surface area contributed by atoms with Gasteiger partial charge in [0.15, 0.2) is 0 Å². The van der Waals surface area contributed by atoms with E-state index < -0.39 is 0 Å². The Bertz CT molecular complexity index is 596. The summed E-state index contributed by atoms with van der Waals surface area (Å²) in [6.07, 6.45) is 0.379. The molecule has 1 unspecified atom stereocenters. The molecule has 0 spiro atoms. The highest BCUT2D eigenvalue weighted by Gasteiger charge is 2.16. The van der Waals surface area contributed by atoms with Crippen LogP contribution < -0.4 is 4.74 Å². The van der Waals surface area contributed by atoms with E-state index in [1.165, 1.54) is 0 Å². The Hall–Kier alpha value is -2.36. The zero-order valence-electron chi connectivity index (χ0n) is 13.2. The van der Waals surface area contributed by atoms with Gasteiger partial charge in [0.2, 0.25) is 0 Å². The number of alkyl halides is 1. The minimum Gasteiger partial charge on any atom is -0.494 e. The van der Waals surface area contributed by atoms with Crippen molar-refractivity contribution in [2.24, 2.45) is 0 Å². The topological polar surface area (TPSA) is 35.5 Å². The van der Waals surface area contributed by atoms with Gasteiger partial charge in [0.1, 0.15) is 12.4 Å². The highest BCUT2D eigenvalue weighted by atomic mass is 19.1. The van der Waals surface area contributed by atoms with Crippen LogP contribution in [-0.4, -0.2) is 19.3 Å². The Labute approximate surface area is 136 Å². The maximum Gasteiger partial charge on any atom is 0.313 e. The van der Waals surface area contributed by atoms with E-state index in [-0.39, 0.29) is 25.2 Å². The molecule has 3 nitrogen and oxygen atoms in total. The van der Waals surface area contributed by atoms with Gasteiger partial charge in [-0.25, -0.2) is 0 Å². The number of carbonyl (C=O) groups is 1. The first-order valence-electron chi connectivity index (χ1n) is 7.70. The molecule has 1 atom stereocenters. The normalized spacial score (nSPS) is 11.7. The SMILES string of the molecule is CC(C(=O)OCc1ccccc1)c1ccc(OCCCF)cc1. The Balaban J connectivity index is 1.86. The van der Waals surface area contributed by atoms with Crippen molar-refractivity contribution in [2.45, 2.75) is 25.9 Å². The van der Waals surface area contributed by atoms with Crippen molar-refractivity contribution in [3.63, 3.8) is 0 Å². The van der Waals surface area contributed by atoms with E-state index in [2.05, 4.69) is 0 Å². The van der Waals surface area contributed by atoms with E-state index in [1.807, 2.05) is 49.4 Å². The molecule has 0 aliphatic rings. The lowest BCUT2D eigenvalue weighted by molar-refractivity contribution is -0.146. The molecule has 0 aromatic heterocycles. The lowest BCUT2D eigenvalue weighted by Crippen LogP contribution is -2.13. The summed E-state index contributed by atoms with van der Waals surface area (Å²) >= 11 is 0. The predicted molar refractivity (Wildman–Crippen MR) is 87.2 cm³/mol. The van der Waals surface area contributed by atoms with Gasteiger partial charge in [0.05, 0.1) is 19.2 Å². The van der Waals surface area contributed by atoms with E-state index in [4.69, 9.17) is 9.47 Å². The molecule has 23 heavy (non-hydrogen) atoms. The van der Waals surface area contributed by atoms with Crippen molar-refractivity contribution in [3.05, 3.63) is 65.7 Å². The second-order valence-electron chi connectivity index (χ2n) is 5.28. The van der Waals surface area contributed by atoms with Crippen LogP contribution >= 0.6 is 0 Å². The molecule has 0 fully saturated rings. The molecule has 0 aliphatic heterocycles. The first-order chi connectivity index (χ1) is 11.2. The number of ether oxygens (including phenoxy) is 2. The van der Waals surface area contributed by atoms with Gasteiger partial charge >= 0.3 is 5.97 Å². The summed E-state index contributed by atoms with van der Waals surface area (Å²) in [7, 11) is 0. The Morgan fingerprint density at radius 2 is 1.78 bits per heavy atom. The van der Waals surface area contributed by atoms with E-state index >= 15 is 0 Å². The molecule has 122 valence electrons. The van der Waals surface area contributed by atoms with Crippen molar-refractivity contribution in [3.8, 4) is 5.75 Å². The Morgan fingerprint density at radius 1 is 1.09 bits per heavy atom. The molecule has 0 bridgehead atoms. The standard InChI is InChI=1S/C19H21FO3/c1-15(19(21)23-14-16-6-3-2-4-7-16)17-8-10-18(11-9-17)22-13-5-12-20/h2-4,6-11,15H,5,12-14H2,1H3. The largest absolute Gasteiger partial charge is 0.494 e. The molecule has 2 rings (SSSR count). The fourth-order valence-electron chi connectivity index (χ4n) is 2.09. The van der Waals surface area contributed by atoms with Crippen LogP contribution in [0.4, 0.5) is 4.39 Å². The van der Waals surface area contributed by atoms with Crippen LogP contribution in [-0.2, 0) is 16.1 Å². The van der Waals surface area contributed by atoms with Crippen LogP contribution in [0.15, 0.2) is 54.6 Å². The van der Waals surface area contributed by atoms with Crippen LogP contribution in [0.1, 0.15) is 30.4 Å². The van der Waals surface area contributed by atoms with Gasteiger partial charge in [-0.05, 0) is 30.2 Å². The minimum absolute atomic E-state index is 0.264. The van der Waals surface area contributed by atoms with Crippen molar-refractivity contribution >= 4 is 5.97 Å². The van der Waals surface area contributed by atoms with Crippen LogP contribution in [0.3, 0.4) is 0 Å². The van der Waals surface area contributed by atoms with Crippen LogP contribution in [0, 0.1) is 0 Å². The molecular weight excluding hydrogens is 295 g/mol. The maximum absolute atomic E-state index is 12.1. The maximum atomic E-state index is 12.1. The van der Waals surface area contributed by atoms with Gasteiger partial charge in [-0.2, -0.15) is 0 Å². The van der Waals surface area contributed by atoms with Crippen LogP contribution in [0.5, 0.6) is 5.75 Å². The monoisotopic (exact) mass is 316 g/mol. The van der Waals surface area contributed by atoms with Gasteiger partial charge in [0.25, 0.3) is 0 Å². The van der Waals surface area contributed by atoms with E-state index in [0.717, 1.165) is 11.1 Å².